The molecule has 0 aliphatic carbocycles. The van der Waals surface area contributed by atoms with Gasteiger partial charge < -0.3 is 9.64 Å². The lowest BCUT2D eigenvalue weighted by Gasteiger charge is -2.25. The molecule has 4 heteroatoms. The standard InChI is InChI=1S/C19H29NO3/c1-4-5-6-10-13-20(15-16(2)19(22)23-3)18(21)14-17-11-8-7-9-12-17/h7-9,11-12,16H,4-6,10,13-15H2,1-3H3. The minimum absolute atomic E-state index is 0.0726. The van der Waals surface area contributed by atoms with Gasteiger partial charge in [0.1, 0.15) is 0 Å². The Labute approximate surface area is 139 Å². The normalized spacial score (nSPS) is 11.8. The molecule has 23 heavy (non-hydrogen) atoms. The molecule has 0 radical (unpaired) electrons. The summed E-state index contributed by atoms with van der Waals surface area (Å²) in [5.74, 6) is -0.495. The number of carbonyl (C=O) groups excluding carboxylic acids is 2. The third-order valence-electron chi connectivity index (χ3n) is 3.93. The molecule has 0 saturated carbocycles. The first-order chi connectivity index (χ1) is 11.1. The second-order valence-corrected chi connectivity index (χ2v) is 5.99. The summed E-state index contributed by atoms with van der Waals surface area (Å²) in [6.45, 7) is 5.09. The lowest BCUT2D eigenvalue weighted by Crippen LogP contribution is -2.38. The monoisotopic (exact) mass is 319 g/mol. The third-order valence-corrected chi connectivity index (χ3v) is 3.93. The molecule has 128 valence electrons. The Morgan fingerprint density at radius 1 is 1.13 bits per heavy atom. The number of nitrogens with zero attached hydrogens (tertiary/aromatic N) is 1. The van der Waals surface area contributed by atoms with Gasteiger partial charge in [0.25, 0.3) is 0 Å². The second-order valence-electron chi connectivity index (χ2n) is 5.99. The fourth-order valence-corrected chi connectivity index (χ4v) is 2.54. The summed E-state index contributed by atoms with van der Waals surface area (Å²) in [4.78, 5) is 26.1. The zero-order valence-corrected chi connectivity index (χ0v) is 14.6. The first-order valence-electron chi connectivity index (χ1n) is 8.48. The number of benzene rings is 1. The summed E-state index contributed by atoms with van der Waals surface area (Å²) in [5, 5.41) is 0. The topological polar surface area (TPSA) is 46.6 Å². The molecule has 1 unspecified atom stereocenters. The molecule has 0 fully saturated rings. The number of rotatable bonds is 10. The van der Waals surface area contributed by atoms with E-state index in [4.69, 9.17) is 4.74 Å². The van der Waals surface area contributed by atoms with Gasteiger partial charge in [0, 0.05) is 13.1 Å². The maximum atomic E-state index is 12.6. The van der Waals surface area contributed by atoms with E-state index < -0.39 is 0 Å². The molecule has 0 saturated heterocycles. The molecule has 1 atom stereocenters. The van der Waals surface area contributed by atoms with Gasteiger partial charge in [-0.2, -0.15) is 0 Å². The van der Waals surface area contributed by atoms with Crippen molar-refractivity contribution in [3.63, 3.8) is 0 Å². The van der Waals surface area contributed by atoms with Crippen LogP contribution in [0.4, 0.5) is 0 Å². The number of carbonyl (C=O) groups is 2. The molecule has 0 heterocycles. The lowest BCUT2D eigenvalue weighted by atomic mass is 10.1. The highest BCUT2D eigenvalue weighted by atomic mass is 16.5. The Hall–Kier alpha value is -1.84. The van der Waals surface area contributed by atoms with Crippen LogP contribution in [0.15, 0.2) is 30.3 Å². The number of methoxy groups -OCH3 is 1. The van der Waals surface area contributed by atoms with E-state index in [1.54, 1.807) is 6.92 Å². The maximum absolute atomic E-state index is 12.6. The number of hydrogen-bond acceptors (Lipinski definition) is 3. The van der Waals surface area contributed by atoms with Crippen molar-refractivity contribution in [1.29, 1.82) is 0 Å². The van der Waals surface area contributed by atoms with Crippen molar-refractivity contribution in [1.82, 2.24) is 4.90 Å². The molecule has 1 amide bonds. The van der Waals surface area contributed by atoms with Crippen LogP contribution in [0.2, 0.25) is 0 Å². The maximum Gasteiger partial charge on any atom is 0.310 e. The van der Waals surface area contributed by atoms with Crippen LogP contribution >= 0.6 is 0 Å². The van der Waals surface area contributed by atoms with Crippen LogP contribution in [0.1, 0.15) is 45.1 Å². The fraction of sp³-hybridized carbons (Fsp3) is 0.579. The van der Waals surface area contributed by atoms with Gasteiger partial charge in [-0.25, -0.2) is 0 Å². The summed E-state index contributed by atoms with van der Waals surface area (Å²) in [6.07, 6.45) is 4.80. The van der Waals surface area contributed by atoms with E-state index in [9.17, 15) is 9.59 Å². The van der Waals surface area contributed by atoms with Crippen molar-refractivity contribution < 1.29 is 14.3 Å². The number of unbranched alkanes of at least 4 members (excludes halogenated alkanes) is 3. The van der Waals surface area contributed by atoms with Gasteiger partial charge in [0.15, 0.2) is 0 Å². The highest BCUT2D eigenvalue weighted by Gasteiger charge is 2.21. The zero-order valence-electron chi connectivity index (χ0n) is 14.6. The molecule has 0 N–H and O–H groups in total. The Morgan fingerprint density at radius 2 is 1.83 bits per heavy atom. The van der Waals surface area contributed by atoms with Crippen LogP contribution in [0, 0.1) is 5.92 Å². The van der Waals surface area contributed by atoms with E-state index >= 15 is 0 Å². The van der Waals surface area contributed by atoms with Crippen molar-refractivity contribution in [2.75, 3.05) is 20.2 Å². The minimum Gasteiger partial charge on any atom is -0.469 e. The van der Waals surface area contributed by atoms with Crippen LogP contribution < -0.4 is 0 Å². The van der Waals surface area contributed by atoms with Crippen molar-refractivity contribution in [2.45, 2.75) is 46.0 Å². The van der Waals surface area contributed by atoms with Gasteiger partial charge in [-0.1, -0.05) is 63.4 Å². The zero-order chi connectivity index (χ0) is 17.1. The van der Waals surface area contributed by atoms with Crippen LogP contribution in [0.5, 0.6) is 0 Å². The number of esters is 1. The predicted molar refractivity (Wildman–Crippen MR) is 92.0 cm³/mol. The van der Waals surface area contributed by atoms with Crippen molar-refractivity contribution in [3.05, 3.63) is 35.9 Å². The van der Waals surface area contributed by atoms with Gasteiger partial charge in [0.2, 0.25) is 5.91 Å². The van der Waals surface area contributed by atoms with Crippen LogP contribution in [0.25, 0.3) is 0 Å². The molecule has 0 spiro atoms. The molecule has 1 rings (SSSR count). The van der Waals surface area contributed by atoms with Crippen LogP contribution in [-0.4, -0.2) is 37.0 Å². The molecule has 0 aliphatic rings. The van der Waals surface area contributed by atoms with Gasteiger partial charge >= 0.3 is 5.97 Å². The largest absolute Gasteiger partial charge is 0.469 e. The van der Waals surface area contributed by atoms with Crippen LogP contribution in [-0.2, 0) is 20.7 Å². The van der Waals surface area contributed by atoms with E-state index in [0.717, 1.165) is 24.8 Å². The van der Waals surface area contributed by atoms with Gasteiger partial charge in [-0.3, -0.25) is 9.59 Å². The summed E-state index contributed by atoms with van der Waals surface area (Å²) in [7, 11) is 1.39. The lowest BCUT2D eigenvalue weighted by molar-refractivity contribution is -0.146. The molecular formula is C19H29NO3. The molecule has 0 bridgehead atoms. The second kappa shape index (κ2) is 10.8. The Bertz CT molecular complexity index is 473. The van der Waals surface area contributed by atoms with Gasteiger partial charge in [-0.05, 0) is 12.0 Å². The van der Waals surface area contributed by atoms with E-state index in [-0.39, 0.29) is 17.8 Å². The van der Waals surface area contributed by atoms with E-state index in [1.165, 1.54) is 13.5 Å². The van der Waals surface area contributed by atoms with Crippen molar-refractivity contribution >= 4 is 11.9 Å². The summed E-state index contributed by atoms with van der Waals surface area (Å²) in [6, 6.07) is 9.72. The Kier molecular flexibility index (Phi) is 9.03. The van der Waals surface area contributed by atoms with E-state index in [1.807, 2.05) is 35.2 Å². The van der Waals surface area contributed by atoms with E-state index in [0.29, 0.717) is 19.5 Å². The number of amides is 1. The molecule has 1 aromatic carbocycles. The van der Waals surface area contributed by atoms with Crippen molar-refractivity contribution in [2.24, 2.45) is 5.92 Å². The molecule has 0 aromatic heterocycles. The number of ether oxygens (including phenoxy) is 1. The Balaban J connectivity index is 2.64. The first-order valence-corrected chi connectivity index (χ1v) is 8.48. The summed E-state index contributed by atoms with van der Waals surface area (Å²) in [5.41, 5.74) is 1.00. The average Bonchev–Trinajstić information content (AvgIpc) is 2.57. The third kappa shape index (κ3) is 7.31. The minimum atomic E-state index is -0.300. The van der Waals surface area contributed by atoms with Crippen molar-refractivity contribution in [3.8, 4) is 0 Å². The molecule has 1 aromatic rings. The smallest absolute Gasteiger partial charge is 0.310 e. The van der Waals surface area contributed by atoms with E-state index in [2.05, 4.69) is 6.92 Å². The summed E-state index contributed by atoms with van der Waals surface area (Å²) >= 11 is 0. The number of hydrogen-bond donors (Lipinski definition) is 0. The predicted octanol–water partition coefficient (Wildman–Crippen LogP) is 3.45. The summed E-state index contributed by atoms with van der Waals surface area (Å²) < 4.78 is 4.78. The quantitative estimate of drug-likeness (QED) is 0.490. The van der Waals surface area contributed by atoms with Gasteiger partial charge in [0.05, 0.1) is 19.4 Å². The molecular weight excluding hydrogens is 290 g/mol. The van der Waals surface area contributed by atoms with Crippen LogP contribution in [0.3, 0.4) is 0 Å². The fourth-order valence-electron chi connectivity index (χ4n) is 2.54. The Morgan fingerprint density at radius 3 is 2.43 bits per heavy atom. The highest BCUT2D eigenvalue weighted by molar-refractivity contribution is 5.80. The molecule has 0 aliphatic heterocycles. The SMILES string of the molecule is CCCCCCN(CC(C)C(=O)OC)C(=O)Cc1ccccc1. The first kappa shape index (κ1) is 19.2. The molecule has 4 nitrogen and oxygen atoms in total. The highest BCUT2D eigenvalue weighted by Crippen LogP contribution is 2.10. The average molecular weight is 319 g/mol. The van der Waals surface area contributed by atoms with Gasteiger partial charge in [-0.15, -0.1) is 0 Å².